The van der Waals surface area contributed by atoms with Gasteiger partial charge in [-0.2, -0.15) is 25.3 Å². The summed E-state index contributed by atoms with van der Waals surface area (Å²) in [5.74, 6) is -7.41. The molecule has 0 spiro atoms. The topological polar surface area (TPSA) is 330 Å². The molecular formula is C65H104O22S3. The van der Waals surface area contributed by atoms with Crippen molar-refractivity contribution in [3.63, 3.8) is 0 Å². The summed E-state index contributed by atoms with van der Waals surface area (Å²) in [5, 5.41) is 0. The van der Waals surface area contributed by atoms with E-state index in [1.165, 1.54) is 34.6 Å². The number of esters is 6. The smallest absolute Gasteiger partial charge is 0.344 e. The zero-order chi connectivity index (χ0) is 66.3. The van der Waals surface area contributed by atoms with Crippen molar-refractivity contribution in [3.8, 4) is 0 Å². The highest BCUT2D eigenvalue weighted by molar-refractivity contribution is 7.89. The Hall–Kier alpha value is -3.49. The van der Waals surface area contributed by atoms with Crippen molar-refractivity contribution in [2.75, 3.05) is 33.0 Å². The minimum atomic E-state index is -5.52. The van der Waals surface area contributed by atoms with E-state index >= 15 is 0 Å². The van der Waals surface area contributed by atoms with Gasteiger partial charge in [0.2, 0.25) is 0 Å². The zero-order valence-corrected chi connectivity index (χ0v) is 57.2. The molecule has 514 valence electrons. The maximum absolute atomic E-state index is 14.2. The van der Waals surface area contributed by atoms with Gasteiger partial charge in [0.05, 0.1) is 39.1 Å². The molecule has 90 heavy (non-hydrogen) atoms. The Morgan fingerprint density at radius 1 is 0.533 bits per heavy atom. The molecule has 0 heterocycles. The largest absolute Gasteiger partial charge is 0.464 e. The van der Waals surface area contributed by atoms with E-state index in [0.29, 0.717) is 69.1 Å². The molecule has 10 aliphatic rings. The third-order valence-corrected chi connectivity index (χ3v) is 27.5. The van der Waals surface area contributed by atoms with E-state index in [-0.39, 0.29) is 84.6 Å². The molecule has 0 aromatic rings. The fourth-order valence-electron chi connectivity index (χ4n) is 19.0. The van der Waals surface area contributed by atoms with Crippen LogP contribution in [0.4, 0.5) is 0 Å². The van der Waals surface area contributed by atoms with Crippen LogP contribution in [0.2, 0.25) is 0 Å². The zero-order valence-electron chi connectivity index (χ0n) is 54.7. The van der Waals surface area contributed by atoms with Crippen LogP contribution < -0.4 is 0 Å². The Labute approximate surface area is 534 Å². The third-order valence-electron chi connectivity index (χ3n) is 23.4. The quantitative estimate of drug-likeness (QED) is 0.0260. The Balaban J connectivity index is 0.873. The third kappa shape index (κ3) is 14.8. The van der Waals surface area contributed by atoms with E-state index in [9.17, 15) is 67.7 Å². The standard InChI is InChI=1S/C65H104O22S3/c1-10-63(11-2,12-3)87-57(71)65(90(78,79)80,54(68)84-38-44-17-14-13-15-18-44)41-81-39-51-48-28-45-29-49(51)37-60(31-45,36-48)23-25-82-52(66)59(9,88(72,73)74)53(67)83-26-24-61-32-46-27-47(33-61)35-62(34-46,40-61)50-20-16-19-43(30-50)21-22-64(89(75,76)77,55(69)85-42(4)5)56(70)86-58(6,7)8/h42-51H,10-41H2,1-9H3,(H,72,73,74)(H,75,76,77)(H,78,79,80). The molecule has 0 aliphatic heterocycles. The average molecular weight is 1330 g/mol. The SMILES string of the molecule is CCC(CC)(CC)OC(=O)C(COCC1C2CC3CC1CC(CCOC(=O)C(C)(C(=O)OCCC14CC5CC(C1)CC(C1CCCC(CCC(C(=O)OC(C)C)(C(=O)OC(C)(C)C)S(=O)(=O)O)C1)(C5)C4)S(=O)(=O)O)(C3)C2)(C(=O)OCC1CCCCC1)S(=O)(=O)O. The van der Waals surface area contributed by atoms with Crippen LogP contribution in [0.3, 0.4) is 0 Å². The second-order valence-electron chi connectivity index (χ2n) is 30.8. The maximum Gasteiger partial charge on any atom is 0.344 e. The highest BCUT2D eigenvalue weighted by Crippen LogP contribution is 2.70. The van der Waals surface area contributed by atoms with Crippen LogP contribution in [0.1, 0.15) is 236 Å². The van der Waals surface area contributed by atoms with Gasteiger partial charge in [-0.3, -0.25) is 13.7 Å². The van der Waals surface area contributed by atoms with Gasteiger partial charge in [0, 0.05) is 0 Å². The monoisotopic (exact) mass is 1330 g/mol. The molecule has 9 unspecified atom stereocenters. The first-order valence-corrected chi connectivity index (χ1v) is 37.9. The van der Waals surface area contributed by atoms with Gasteiger partial charge in [0.1, 0.15) is 11.2 Å². The molecule has 8 bridgehead atoms. The van der Waals surface area contributed by atoms with Crippen LogP contribution in [-0.2, 0) is 92.3 Å². The predicted molar refractivity (Wildman–Crippen MR) is 328 cm³/mol. The molecule has 0 aromatic carbocycles. The van der Waals surface area contributed by atoms with Crippen molar-refractivity contribution in [1.82, 2.24) is 0 Å². The highest BCUT2D eigenvalue weighted by Gasteiger charge is 2.65. The molecule has 10 saturated carbocycles. The molecule has 9 atom stereocenters. The summed E-state index contributed by atoms with van der Waals surface area (Å²) in [6.07, 6.45) is 17.4. The lowest BCUT2D eigenvalue weighted by molar-refractivity contribution is -0.176. The molecule has 0 aromatic heterocycles. The molecule has 0 saturated heterocycles. The van der Waals surface area contributed by atoms with Gasteiger partial charge in [0.25, 0.3) is 39.8 Å². The van der Waals surface area contributed by atoms with Crippen LogP contribution >= 0.6 is 0 Å². The summed E-state index contributed by atoms with van der Waals surface area (Å²) in [4.78, 5) is 83.6. The molecule has 10 aliphatic carbocycles. The van der Waals surface area contributed by atoms with Crippen LogP contribution in [0.15, 0.2) is 0 Å². The number of hydrogen-bond acceptors (Lipinski definition) is 19. The minimum Gasteiger partial charge on any atom is -0.464 e. The summed E-state index contributed by atoms with van der Waals surface area (Å²) in [7, 11) is -16.3. The first-order valence-electron chi connectivity index (χ1n) is 33.6. The van der Waals surface area contributed by atoms with Gasteiger partial charge >= 0.3 is 40.6 Å². The normalized spacial score (nSPS) is 32.2. The minimum absolute atomic E-state index is 0.0277. The van der Waals surface area contributed by atoms with E-state index in [1.54, 1.807) is 20.8 Å². The van der Waals surface area contributed by atoms with Gasteiger partial charge in [0.15, 0.2) is 0 Å². The molecule has 3 N–H and O–H groups in total. The molecule has 25 heteroatoms. The number of carbonyl (C=O) groups excluding carboxylic acids is 6. The molecule has 0 radical (unpaired) electrons. The fraction of sp³-hybridized carbons (Fsp3) is 0.908. The molecule has 22 nitrogen and oxygen atoms in total. The summed E-state index contributed by atoms with van der Waals surface area (Å²) in [5.41, 5.74) is -2.99. The Morgan fingerprint density at radius 3 is 1.59 bits per heavy atom. The Morgan fingerprint density at radius 2 is 1.07 bits per heavy atom. The van der Waals surface area contributed by atoms with E-state index < -0.39 is 111 Å². The lowest BCUT2D eigenvalue weighted by Crippen LogP contribution is -2.60. The Kier molecular flexibility index (Phi) is 22.0. The van der Waals surface area contributed by atoms with Crippen molar-refractivity contribution in [2.45, 2.75) is 267 Å². The van der Waals surface area contributed by atoms with Gasteiger partial charge in [-0.25, -0.2) is 28.8 Å². The summed E-state index contributed by atoms with van der Waals surface area (Å²) in [6.45, 7) is 12.1. The van der Waals surface area contributed by atoms with E-state index in [0.717, 1.165) is 116 Å². The van der Waals surface area contributed by atoms with Gasteiger partial charge in [-0.05, 0) is 252 Å². The maximum atomic E-state index is 14.2. The van der Waals surface area contributed by atoms with E-state index in [4.69, 9.17) is 33.2 Å². The van der Waals surface area contributed by atoms with Crippen LogP contribution in [0, 0.1) is 69.5 Å². The van der Waals surface area contributed by atoms with Crippen molar-refractivity contribution in [2.24, 2.45) is 69.5 Å². The second kappa shape index (κ2) is 27.3. The average Bonchev–Trinajstić information content (AvgIpc) is 0.738. The van der Waals surface area contributed by atoms with Gasteiger partial charge < -0.3 is 33.2 Å². The fourth-order valence-corrected chi connectivity index (χ4v) is 21.2. The summed E-state index contributed by atoms with van der Waals surface area (Å²) < 4.78 is 142. The summed E-state index contributed by atoms with van der Waals surface area (Å²) in [6, 6.07) is 0. The van der Waals surface area contributed by atoms with Gasteiger partial charge in [-0.1, -0.05) is 52.9 Å². The van der Waals surface area contributed by atoms with Crippen molar-refractivity contribution >= 4 is 66.2 Å². The van der Waals surface area contributed by atoms with Crippen molar-refractivity contribution < 1.29 is 101 Å². The molecule has 10 fully saturated rings. The Bertz CT molecular complexity index is 2940. The van der Waals surface area contributed by atoms with E-state index in [1.807, 2.05) is 0 Å². The second-order valence-corrected chi connectivity index (χ2v) is 35.9. The first-order chi connectivity index (χ1) is 41.9. The number of carbonyl (C=O) groups is 6. The number of hydrogen-bond donors (Lipinski definition) is 3. The van der Waals surface area contributed by atoms with E-state index in [2.05, 4.69) is 0 Å². The van der Waals surface area contributed by atoms with Gasteiger partial charge in [-0.15, -0.1) is 0 Å². The molecular weight excluding hydrogens is 1230 g/mol. The van der Waals surface area contributed by atoms with Crippen molar-refractivity contribution in [3.05, 3.63) is 0 Å². The van der Waals surface area contributed by atoms with Crippen molar-refractivity contribution in [1.29, 1.82) is 0 Å². The summed E-state index contributed by atoms with van der Waals surface area (Å²) >= 11 is 0. The molecule has 10 rings (SSSR count). The van der Waals surface area contributed by atoms with Crippen LogP contribution in [0.5, 0.6) is 0 Å². The highest BCUT2D eigenvalue weighted by atomic mass is 32.2. The number of rotatable bonds is 30. The lowest BCUT2D eigenvalue weighted by atomic mass is 9.40. The number of ether oxygens (including phenoxy) is 7. The molecule has 0 amide bonds. The lowest BCUT2D eigenvalue weighted by Gasteiger charge is -2.65. The van der Waals surface area contributed by atoms with Crippen LogP contribution in [-0.4, -0.2) is 139 Å². The van der Waals surface area contributed by atoms with Crippen LogP contribution in [0.25, 0.3) is 0 Å². The predicted octanol–water partition coefficient (Wildman–Crippen LogP) is 10.3. The first kappa shape index (κ1) is 72.3.